The van der Waals surface area contributed by atoms with Crippen molar-refractivity contribution in [1.29, 1.82) is 0 Å². The molecular weight excluding hydrogens is 86.1 g/mol. The van der Waals surface area contributed by atoms with E-state index in [4.69, 9.17) is 5.73 Å². The quantitative estimate of drug-likeness (QED) is 0.512. The maximum Gasteiger partial charge on any atom is 0.0174 e. The zero-order valence-electron chi connectivity index (χ0n) is 4.65. The number of hydrogen-bond acceptors (Lipinski definition) is 1. The van der Waals surface area contributed by atoms with E-state index >= 15 is 0 Å². The standard InChI is InChI=1S/C6H11N/c1-3-6(4-2)5-7/h3-4H,1,5,7H2,2H3. The van der Waals surface area contributed by atoms with Gasteiger partial charge in [-0.2, -0.15) is 0 Å². The lowest BCUT2D eigenvalue weighted by Gasteiger charge is -1.88. The van der Waals surface area contributed by atoms with Crippen molar-refractivity contribution in [3.05, 3.63) is 24.3 Å². The van der Waals surface area contributed by atoms with Gasteiger partial charge in [-0.15, -0.1) is 0 Å². The molecule has 0 aliphatic heterocycles. The molecule has 0 unspecified atom stereocenters. The number of allylic oxidation sites excluding steroid dienone is 1. The topological polar surface area (TPSA) is 26.0 Å². The first-order valence-electron chi connectivity index (χ1n) is 2.32. The minimum absolute atomic E-state index is 0.597. The van der Waals surface area contributed by atoms with Crippen LogP contribution in [0, 0.1) is 0 Å². The van der Waals surface area contributed by atoms with Crippen LogP contribution in [0.15, 0.2) is 24.3 Å². The fraction of sp³-hybridized carbons (Fsp3) is 0.333. The molecule has 0 bridgehead atoms. The third-order valence-corrected chi connectivity index (χ3v) is 0.869. The molecule has 0 heterocycles. The fourth-order valence-corrected chi connectivity index (χ4v) is 0.319. The van der Waals surface area contributed by atoms with Gasteiger partial charge in [0.1, 0.15) is 0 Å². The zero-order valence-corrected chi connectivity index (χ0v) is 4.65. The summed E-state index contributed by atoms with van der Waals surface area (Å²) < 4.78 is 0. The molecule has 0 atom stereocenters. The van der Waals surface area contributed by atoms with E-state index in [2.05, 4.69) is 6.58 Å². The molecule has 2 N–H and O–H groups in total. The van der Waals surface area contributed by atoms with E-state index in [0.29, 0.717) is 6.54 Å². The van der Waals surface area contributed by atoms with Gasteiger partial charge in [0.25, 0.3) is 0 Å². The van der Waals surface area contributed by atoms with Gasteiger partial charge in [-0.3, -0.25) is 0 Å². The van der Waals surface area contributed by atoms with Gasteiger partial charge in [0.05, 0.1) is 0 Å². The molecule has 0 saturated carbocycles. The lowest BCUT2D eigenvalue weighted by Crippen LogP contribution is -1.99. The van der Waals surface area contributed by atoms with Gasteiger partial charge >= 0.3 is 0 Å². The van der Waals surface area contributed by atoms with Crippen molar-refractivity contribution in [2.24, 2.45) is 5.73 Å². The molecule has 0 rings (SSSR count). The summed E-state index contributed by atoms with van der Waals surface area (Å²) in [7, 11) is 0. The van der Waals surface area contributed by atoms with Crippen molar-refractivity contribution in [3.63, 3.8) is 0 Å². The van der Waals surface area contributed by atoms with Crippen LogP contribution in [0.25, 0.3) is 0 Å². The Labute approximate surface area is 44.5 Å². The summed E-state index contributed by atoms with van der Waals surface area (Å²) in [4.78, 5) is 0. The minimum atomic E-state index is 0.597. The predicted octanol–water partition coefficient (Wildman–Crippen LogP) is 1.08. The number of rotatable bonds is 2. The van der Waals surface area contributed by atoms with E-state index in [1.165, 1.54) is 0 Å². The van der Waals surface area contributed by atoms with Gasteiger partial charge in [-0.25, -0.2) is 0 Å². The second-order valence-electron chi connectivity index (χ2n) is 1.27. The average molecular weight is 97.2 g/mol. The first-order valence-corrected chi connectivity index (χ1v) is 2.32. The van der Waals surface area contributed by atoms with Crippen LogP contribution < -0.4 is 5.73 Å². The van der Waals surface area contributed by atoms with E-state index in [1.807, 2.05) is 13.0 Å². The van der Waals surface area contributed by atoms with Crippen LogP contribution in [-0.4, -0.2) is 6.54 Å². The zero-order chi connectivity index (χ0) is 5.70. The van der Waals surface area contributed by atoms with Crippen LogP contribution in [-0.2, 0) is 0 Å². The normalized spacial score (nSPS) is 11.4. The summed E-state index contributed by atoms with van der Waals surface area (Å²) in [6, 6.07) is 0. The largest absolute Gasteiger partial charge is 0.327 e. The summed E-state index contributed by atoms with van der Waals surface area (Å²) >= 11 is 0. The lowest BCUT2D eigenvalue weighted by molar-refractivity contribution is 1.18. The van der Waals surface area contributed by atoms with Crippen molar-refractivity contribution >= 4 is 0 Å². The second kappa shape index (κ2) is 3.62. The molecule has 0 amide bonds. The highest BCUT2D eigenvalue weighted by Crippen LogP contribution is 1.88. The Morgan fingerprint density at radius 3 is 2.43 bits per heavy atom. The van der Waals surface area contributed by atoms with E-state index in [1.54, 1.807) is 6.08 Å². The maximum atomic E-state index is 5.25. The molecule has 0 saturated heterocycles. The number of hydrogen-bond donors (Lipinski definition) is 1. The first kappa shape index (κ1) is 6.44. The Hall–Kier alpha value is -0.560. The molecule has 1 heteroatoms. The molecule has 1 nitrogen and oxygen atoms in total. The van der Waals surface area contributed by atoms with Gasteiger partial charge in [-0.1, -0.05) is 18.7 Å². The molecule has 0 aromatic heterocycles. The van der Waals surface area contributed by atoms with Crippen molar-refractivity contribution in [3.8, 4) is 0 Å². The molecule has 0 aliphatic rings. The Morgan fingerprint density at radius 1 is 1.86 bits per heavy atom. The smallest absolute Gasteiger partial charge is 0.0174 e. The molecule has 0 aromatic rings. The van der Waals surface area contributed by atoms with Crippen LogP contribution in [0.5, 0.6) is 0 Å². The van der Waals surface area contributed by atoms with Crippen LogP contribution in [0.1, 0.15) is 6.92 Å². The highest BCUT2D eigenvalue weighted by molar-refractivity contribution is 5.15. The fourth-order valence-electron chi connectivity index (χ4n) is 0.319. The lowest BCUT2D eigenvalue weighted by atomic mass is 10.2. The Kier molecular flexibility index (Phi) is 3.33. The molecular formula is C6H11N. The molecule has 0 aliphatic carbocycles. The second-order valence-corrected chi connectivity index (χ2v) is 1.27. The van der Waals surface area contributed by atoms with Gasteiger partial charge < -0.3 is 5.73 Å². The van der Waals surface area contributed by atoms with Crippen molar-refractivity contribution in [2.75, 3.05) is 6.54 Å². The summed E-state index contributed by atoms with van der Waals surface area (Å²) in [5.41, 5.74) is 6.35. The van der Waals surface area contributed by atoms with Crippen molar-refractivity contribution in [1.82, 2.24) is 0 Å². The van der Waals surface area contributed by atoms with Crippen molar-refractivity contribution in [2.45, 2.75) is 6.92 Å². The summed E-state index contributed by atoms with van der Waals surface area (Å²) in [5.74, 6) is 0. The minimum Gasteiger partial charge on any atom is -0.327 e. The van der Waals surface area contributed by atoms with E-state index in [0.717, 1.165) is 5.57 Å². The molecule has 0 fully saturated rings. The highest BCUT2D eigenvalue weighted by atomic mass is 14.5. The Bertz CT molecular complexity index is 82.2. The van der Waals surface area contributed by atoms with Crippen LogP contribution in [0.2, 0.25) is 0 Å². The summed E-state index contributed by atoms with van der Waals surface area (Å²) in [6.07, 6.45) is 3.72. The predicted molar refractivity (Wildman–Crippen MR) is 33.0 cm³/mol. The molecule has 0 aromatic carbocycles. The molecule has 40 valence electrons. The van der Waals surface area contributed by atoms with Gasteiger partial charge in [0, 0.05) is 6.54 Å². The van der Waals surface area contributed by atoms with Gasteiger partial charge in [-0.05, 0) is 12.5 Å². The first-order chi connectivity index (χ1) is 3.35. The summed E-state index contributed by atoms with van der Waals surface area (Å²) in [6.45, 7) is 6.10. The highest BCUT2D eigenvalue weighted by Gasteiger charge is 1.77. The SMILES string of the molecule is C=CC(=CC)CN. The third kappa shape index (κ3) is 2.18. The Morgan fingerprint density at radius 2 is 2.43 bits per heavy atom. The van der Waals surface area contributed by atoms with E-state index in [-0.39, 0.29) is 0 Å². The van der Waals surface area contributed by atoms with Gasteiger partial charge in [0.2, 0.25) is 0 Å². The average Bonchev–Trinajstić information content (AvgIpc) is 1.72. The molecule has 7 heavy (non-hydrogen) atoms. The monoisotopic (exact) mass is 97.1 g/mol. The van der Waals surface area contributed by atoms with Gasteiger partial charge in [0.15, 0.2) is 0 Å². The molecule has 0 spiro atoms. The third-order valence-electron chi connectivity index (χ3n) is 0.869. The van der Waals surface area contributed by atoms with E-state index in [9.17, 15) is 0 Å². The van der Waals surface area contributed by atoms with E-state index < -0.39 is 0 Å². The molecule has 0 radical (unpaired) electrons. The van der Waals surface area contributed by atoms with Crippen LogP contribution >= 0.6 is 0 Å². The maximum absolute atomic E-state index is 5.25. The number of nitrogens with two attached hydrogens (primary N) is 1. The summed E-state index contributed by atoms with van der Waals surface area (Å²) in [5, 5.41) is 0. The Balaban J connectivity index is 3.60. The van der Waals surface area contributed by atoms with Crippen molar-refractivity contribution < 1.29 is 0 Å². The van der Waals surface area contributed by atoms with Crippen LogP contribution in [0.4, 0.5) is 0 Å². The van der Waals surface area contributed by atoms with Crippen LogP contribution in [0.3, 0.4) is 0 Å².